The number of allylic oxidation sites excluding steroid dienone is 1. The molecule has 0 saturated carbocycles. The van der Waals surface area contributed by atoms with Crippen LogP contribution >= 0.6 is 22.6 Å². The van der Waals surface area contributed by atoms with Crippen molar-refractivity contribution in [2.24, 2.45) is 5.92 Å². The molecule has 0 aromatic heterocycles. The topological polar surface area (TPSA) is 46.6 Å². The predicted octanol–water partition coefficient (Wildman–Crippen LogP) is 3.50. The van der Waals surface area contributed by atoms with Crippen LogP contribution in [-0.4, -0.2) is 28.4 Å². The Hall–Kier alpha value is -0.590. The summed E-state index contributed by atoms with van der Waals surface area (Å²) in [6.45, 7) is 9.51. The molecular formula is C13H20INO3. The largest absolute Gasteiger partial charge is 0.443 e. The Labute approximate surface area is 122 Å². The van der Waals surface area contributed by atoms with Gasteiger partial charge in [-0.1, -0.05) is 13.8 Å². The lowest BCUT2D eigenvalue weighted by Gasteiger charge is -2.37. The average Bonchev–Trinajstić information content (AvgIpc) is 2.12. The molecule has 1 aliphatic rings. The maximum Gasteiger partial charge on any atom is 0.415 e. The van der Waals surface area contributed by atoms with E-state index in [1.54, 1.807) is 4.90 Å². The summed E-state index contributed by atoms with van der Waals surface area (Å²) in [4.78, 5) is 25.4. The van der Waals surface area contributed by atoms with Gasteiger partial charge in [0.2, 0.25) is 0 Å². The van der Waals surface area contributed by atoms with Crippen molar-refractivity contribution in [2.75, 3.05) is 0 Å². The number of carbonyl (C=O) groups excluding carboxylic acids is 2. The fraction of sp³-hybridized carbons (Fsp3) is 0.692. The van der Waals surface area contributed by atoms with Gasteiger partial charge in [0, 0.05) is 12.5 Å². The molecular weight excluding hydrogens is 345 g/mol. The van der Waals surface area contributed by atoms with Crippen LogP contribution in [0.15, 0.2) is 9.78 Å². The Bertz CT molecular complexity index is 382. The van der Waals surface area contributed by atoms with Crippen molar-refractivity contribution in [2.45, 2.75) is 52.7 Å². The summed E-state index contributed by atoms with van der Waals surface area (Å²) in [5.74, 6) is 0.276. The van der Waals surface area contributed by atoms with E-state index in [1.807, 2.05) is 57.2 Å². The number of carbonyl (C=O) groups is 2. The molecule has 0 fully saturated rings. The number of ether oxygens (including phenoxy) is 1. The molecule has 1 unspecified atom stereocenters. The molecule has 0 aromatic carbocycles. The summed E-state index contributed by atoms with van der Waals surface area (Å²) in [5, 5.41) is 0. The van der Waals surface area contributed by atoms with Gasteiger partial charge in [0.1, 0.15) is 5.60 Å². The summed E-state index contributed by atoms with van der Waals surface area (Å²) in [7, 11) is 0. The van der Waals surface area contributed by atoms with E-state index in [2.05, 4.69) is 0 Å². The molecule has 102 valence electrons. The lowest BCUT2D eigenvalue weighted by molar-refractivity contribution is -0.116. The van der Waals surface area contributed by atoms with E-state index in [4.69, 9.17) is 4.74 Å². The van der Waals surface area contributed by atoms with Crippen LogP contribution < -0.4 is 0 Å². The van der Waals surface area contributed by atoms with Crippen molar-refractivity contribution in [3.8, 4) is 0 Å². The Kier molecular flexibility index (Phi) is 4.80. The number of hydrogen-bond acceptors (Lipinski definition) is 3. The lowest BCUT2D eigenvalue weighted by atomic mass is 9.95. The molecule has 1 aliphatic heterocycles. The van der Waals surface area contributed by atoms with Crippen LogP contribution in [0.25, 0.3) is 0 Å². The highest BCUT2D eigenvalue weighted by atomic mass is 127. The maximum atomic E-state index is 12.2. The van der Waals surface area contributed by atoms with Gasteiger partial charge < -0.3 is 4.74 Å². The van der Waals surface area contributed by atoms with Crippen LogP contribution in [0, 0.1) is 5.92 Å². The van der Waals surface area contributed by atoms with E-state index in [0.717, 1.165) is 0 Å². The SMILES string of the molecule is CC(C)C1CC(=O)C=C(I)N1C(=O)OC(C)(C)C. The van der Waals surface area contributed by atoms with Crippen molar-refractivity contribution in [3.63, 3.8) is 0 Å². The highest BCUT2D eigenvalue weighted by molar-refractivity contribution is 14.1. The van der Waals surface area contributed by atoms with E-state index < -0.39 is 5.60 Å². The smallest absolute Gasteiger partial charge is 0.415 e. The third-order valence-electron chi connectivity index (χ3n) is 2.61. The minimum atomic E-state index is -0.531. The van der Waals surface area contributed by atoms with Crippen molar-refractivity contribution in [1.82, 2.24) is 4.90 Å². The highest BCUT2D eigenvalue weighted by Crippen LogP contribution is 2.30. The zero-order valence-electron chi connectivity index (χ0n) is 11.5. The Balaban J connectivity index is 2.98. The lowest BCUT2D eigenvalue weighted by Crippen LogP contribution is -2.47. The van der Waals surface area contributed by atoms with Gasteiger partial charge in [-0.15, -0.1) is 0 Å². The van der Waals surface area contributed by atoms with Crippen molar-refractivity contribution >= 4 is 34.5 Å². The van der Waals surface area contributed by atoms with Crippen LogP contribution in [0.3, 0.4) is 0 Å². The molecule has 4 nitrogen and oxygen atoms in total. The minimum absolute atomic E-state index is 0.0675. The van der Waals surface area contributed by atoms with Gasteiger partial charge in [0.15, 0.2) is 5.78 Å². The molecule has 5 heteroatoms. The van der Waals surface area contributed by atoms with Gasteiger partial charge in [-0.05, 0) is 49.3 Å². The van der Waals surface area contributed by atoms with Gasteiger partial charge >= 0.3 is 6.09 Å². The van der Waals surface area contributed by atoms with Gasteiger partial charge in [-0.25, -0.2) is 4.79 Å². The van der Waals surface area contributed by atoms with E-state index in [9.17, 15) is 9.59 Å². The highest BCUT2D eigenvalue weighted by Gasteiger charge is 2.36. The van der Waals surface area contributed by atoms with Gasteiger partial charge in [0.05, 0.1) is 9.75 Å². The Morgan fingerprint density at radius 2 is 2.06 bits per heavy atom. The number of amides is 1. The van der Waals surface area contributed by atoms with E-state index in [1.165, 1.54) is 6.08 Å². The average molecular weight is 365 g/mol. The normalized spacial score (nSPS) is 21.1. The van der Waals surface area contributed by atoms with Crippen LogP contribution in [0.4, 0.5) is 4.79 Å². The Morgan fingerprint density at radius 1 is 1.50 bits per heavy atom. The van der Waals surface area contributed by atoms with Crippen LogP contribution in [0.1, 0.15) is 41.0 Å². The molecule has 0 aromatic rings. The minimum Gasteiger partial charge on any atom is -0.443 e. The molecule has 1 atom stereocenters. The molecule has 0 N–H and O–H groups in total. The second-order valence-electron chi connectivity index (χ2n) is 5.80. The van der Waals surface area contributed by atoms with E-state index >= 15 is 0 Å². The van der Waals surface area contributed by atoms with Gasteiger partial charge in [0.25, 0.3) is 0 Å². The van der Waals surface area contributed by atoms with Crippen LogP contribution in [0.5, 0.6) is 0 Å². The van der Waals surface area contributed by atoms with Crippen molar-refractivity contribution in [3.05, 3.63) is 9.78 Å². The summed E-state index contributed by atoms with van der Waals surface area (Å²) >= 11 is 2.01. The van der Waals surface area contributed by atoms with Gasteiger partial charge in [-0.3, -0.25) is 9.69 Å². The molecule has 1 heterocycles. The molecule has 0 saturated heterocycles. The fourth-order valence-corrected chi connectivity index (χ4v) is 2.69. The molecule has 18 heavy (non-hydrogen) atoms. The molecule has 1 rings (SSSR count). The second kappa shape index (κ2) is 5.59. The quantitative estimate of drug-likeness (QED) is 0.528. The molecule has 0 bridgehead atoms. The van der Waals surface area contributed by atoms with Gasteiger partial charge in [-0.2, -0.15) is 0 Å². The molecule has 0 aliphatic carbocycles. The standard InChI is InChI=1S/C13H20INO3/c1-8(2)10-6-9(16)7-11(14)15(10)12(17)18-13(3,4)5/h7-8,10H,6H2,1-5H3. The monoisotopic (exact) mass is 365 g/mol. The van der Waals surface area contributed by atoms with Crippen molar-refractivity contribution < 1.29 is 14.3 Å². The molecule has 0 radical (unpaired) electrons. The number of hydrogen-bond donors (Lipinski definition) is 0. The number of nitrogens with zero attached hydrogens (tertiary/aromatic N) is 1. The third kappa shape index (κ3) is 3.96. The van der Waals surface area contributed by atoms with Crippen LogP contribution in [-0.2, 0) is 9.53 Å². The fourth-order valence-electron chi connectivity index (χ4n) is 1.78. The first kappa shape index (κ1) is 15.5. The zero-order valence-corrected chi connectivity index (χ0v) is 13.6. The van der Waals surface area contributed by atoms with E-state index in [-0.39, 0.29) is 23.8 Å². The van der Waals surface area contributed by atoms with Crippen molar-refractivity contribution in [1.29, 1.82) is 0 Å². The number of rotatable bonds is 1. The molecule has 1 amide bonds. The van der Waals surface area contributed by atoms with E-state index in [0.29, 0.717) is 10.1 Å². The first-order valence-electron chi connectivity index (χ1n) is 6.04. The first-order valence-corrected chi connectivity index (χ1v) is 7.12. The third-order valence-corrected chi connectivity index (χ3v) is 3.44. The zero-order chi connectivity index (χ0) is 14.1. The number of ketones is 1. The summed E-state index contributed by atoms with van der Waals surface area (Å²) in [5.41, 5.74) is -0.531. The second-order valence-corrected chi connectivity index (χ2v) is 6.90. The number of halogens is 1. The maximum absolute atomic E-state index is 12.2. The summed E-state index contributed by atoms with van der Waals surface area (Å²) < 4.78 is 6.03. The summed E-state index contributed by atoms with van der Waals surface area (Å²) in [6.07, 6.45) is 1.49. The first-order chi connectivity index (χ1) is 8.11. The summed E-state index contributed by atoms with van der Waals surface area (Å²) in [6, 6.07) is -0.121. The predicted molar refractivity (Wildman–Crippen MR) is 78.4 cm³/mol. The molecule has 0 spiro atoms. The Morgan fingerprint density at radius 3 is 2.50 bits per heavy atom. The van der Waals surface area contributed by atoms with Crippen LogP contribution in [0.2, 0.25) is 0 Å².